The molecule has 0 unspecified atom stereocenters. The highest BCUT2D eigenvalue weighted by Gasteiger charge is 2.54. The number of alkyl halides is 3. The van der Waals surface area contributed by atoms with E-state index in [0.29, 0.717) is 37.9 Å². The third-order valence-corrected chi connectivity index (χ3v) is 5.64. The topological polar surface area (TPSA) is 36.0 Å². The van der Waals surface area contributed by atoms with Crippen LogP contribution in [-0.4, -0.2) is 85.2 Å². The van der Waals surface area contributed by atoms with Crippen molar-refractivity contribution < 1.29 is 22.7 Å². The maximum absolute atomic E-state index is 12.7. The summed E-state index contributed by atoms with van der Waals surface area (Å²) in [6.45, 7) is 5.32. The summed E-state index contributed by atoms with van der Waals surface area (Å²) in [4.78, 5) is 19.1. The van der Waals surface area contributed by atoms with Crippen molar-refractivity contribution in [2.24, 2.45) is 0 Å². The van der Waals surface area contributed by atoms with Gasteiger partial charge >= 0.3 is 6.18 Å². The number of hydrogen-bond donors (Lipinski definition) is 0. The SMILES string of the molecule is CN1C[C@@H]2COCCN2C2(C1)CN(C(=O)c1ccc(C(F)(F)F)cc1)C2. The molecule has 0 bridgehead atoms. The van der Waals surface area contributed by atoms with Gasteiger partial charge in [0.2, 0.25) is 0 Å². The number of likely N-dealkylation sites (N-methyl/N-ethyl adjacent to an activating group) is 1. The smallest absolute Gasteiger partial charge is 0.378 e. The molecule has 142 valence electrons. The predicted molar refractivity (Wildman–Crippen MR) is 88.9 cm³/mol. The van der Waals surface area contributed by atoms with Crippen molar-refractivity contribution in [3.8, 4) is 0 Å². The van der Waals surface area contributed by atoms with Crippen molar-refractivity contribution in [3.05, 3.63) is 35.4 Å². The van der Waals surface area contributed by atoms with E-state index in [9.17, 15) is 18.0 Å². The van der Waals surface area contributed by atoms with Gasteiger partial charge in [0.15, 0.2) is 0 Å². The number of likely N-dealkylation sites (tertiary alicyclic amines) is 1. The number of carbonyl (C=O) groups is 1. The average Bonchev–Trinajstić information content (AvgIpc) is 2.57. The number of morpholine rings is 1. The Kier molecular flexibility index (Phi) is 4.24. The van der Waals surface area contributed by atoms with Crippen molar-refractivity contribution in [2.45, 2.75) is 17.8 Å². The maximum Gasteiger partial charge on any atom is 0.416 e. The highest BCUT2D eigenvalue weighted by atomic mass is 19.4. The fourth-order valence-corrected chi connectivity index (χ4v) is 4.52. The van der Waals surface area contributed by atoms with E-state index in [1.165, 1.54) is 12.1 Å². The molecule has 4 rings (SSSR count). The lowest BCUT2D eigenvalue weighted by Gasteiger charge is -2.63. The van der Waals surface area contributed by atoms with Crippen LogP contribution in [0.25, 0.3) is 0 Å². The van der Waals surface area contributed by atoms with Crippen molar-refractivity contribution in [3.63, 3.8) is 0 Å². The first-order valence-corrected chi connectivity index (χ1v) is 8.78. The Balaban J connectivity index is 1.45. The van der Waals surface area contributed by atoms with Crippen LogP contribution >= 0.6 is 0 Å². The zero-order chi connectivity index (χ0) is 18.5. The van der Waals surface area contributed by atoms with Crippen molar-refractivity contribution in [1.29, 1.82) is 0 Å². The molecule has 1 aromatic rings. The first-order chi connectivity index (χ1) is 12.3. The lowest BCUT2D eigenvalue weighted by atomic mass is 9.82. The predicted octanol–water partition coefficient (Wildman–Crippen LogP) is 1.55. The lowest BCUT2D eigenvalue weighted by Crippen LogP contribution is -2.80. The van der Waals surface area contributed by atoms with Gasteiger partial charge in [0.25, 0.3) is 5.91 Å². The summed E-state index contributed by atoms with van der Waals surface area (Å²) in [5, 5.41) is 0. The molecule has 3 heterocycles. The summed E-state index contributed by atoms with van der Waals surface area (Å²) < 4.78 is 43.6. The van der Waals surface area contributed by atoms with Crippen LogP contribution < -0.4 is 0 Å². The Bertz CT molecular complexity index is 686. The van der Waals surface area contributed by atoms with Gasteiger partial charge in [0.05, 0.1) is 24.3 Å². The maximum atomic E-state index is 12.7. The van der Waals surface area contributed by atoms with Crippen molar-refractivity contribution >= 4 is 5.91 Å². The van der Waals surface area contributed by atoms with Gasteiger partial charge in [-0.15, -0.1) is 0 Å². The number of carbonyl (C=O) groups excluding carboxylic acids is 1. The Morgan fingerprint density at radius 3 is 2.54 bits per heavy atom. The molecule has 3 aliphatic rings. The normalized spacial score (nSPS) is 26.5. The molecule has 3 saturated heterocycles. The minimum atomic E-state index is -4.39. The monoisotopic (exact) mass is 369 g/mol. The number of fused-ring (bicyclic) bond motifs is 2. The fraction of sp³-hybridized carbons (Fsp3) is 0.611. The van der Waals surface area contributed by atoms with Gasteiger partial charge in [0, 0.05) is 44.3 Å². The van der Waals surface area contributed by atoms with Crippen LogP contribution in [0.3, 0.4) is 0 Å². The molecule has 0 aliphatic carbocycles. The van der Waals surface area contributed by atoms with Gasteiger partial charge in [-0.3, -0.25) is 9.69 Å². The molecule has 0 aromatic heterocycles. The van der Waals surface area contributed by atoms with Gasteiger partial charge in [0.1, 0.15) is 0 Å². The number of amides is 1. The molecule has 8 heteroatoms. The molecule has 26 heavy (non-hydrogen) atoms. The Morgan fingerprint density at radius 2 is 1.88 bits per heavy atom. The standard InChI is InChI=1S/C18H22F3N3O2/c1-22-8-15-9-26-7-6-24(15)17(10-22)11-23(12-17)16(25)13-2-4-14(5-3-13)18(19,20)21/h2-5,15H,6-12H2,1H3/t15-/m1/s1. The Hall–Kier alpha value is -1.64. The second-order valence-electron chi connectivity index (χ2n) is 7.58. The van der Waals surface area contributed by atoms with Gasteiger partial charge in [-0.05, 0) is 31.3 Å². The number of halogens is 3. The quantitative estimate of drug-likeness (QED) is 0.753. The molecule has 1 atom stereocenters. The zero-order valence-electron chi connectivity index (χ0n) is 14.6. The summed E-state index contributed by atoms with van der Waals surface area (Å²) >= 11 is 0. The largest absolute Gasteiger partial charge is 0.416 e. The number of piperazine rings is 1. The van der Waals surface area contributed by atoms with Crippen molar-refractivity contribution in [2.75, 3.05) is 53.0 Å². The lowest BCUT2D eigenvalue weighted by molar-refractivity contribution is -0.152. The summed E-state index contributed by atoms with van der Waals surface area (Å²) in [6, 6.07) is 4.80. The van der Waals surface area contributed by atoms with Gasteiger partial charge in [-0.1, -0.05) is 0 Å². The average molecular weight is 369 g/mol. The van der Waals surface area contributed by atoms with Crippen LogP contribution in [0, 0.1) is 0 Å². The Morgan fingerprint density at radius 1 is 1.19 bits per heavy atom. The molecule has 1 aromatic carbocycles. The van der Waals surface area contributed by atoms with Gasteiger partial charge in [-0.2, -0.15) is 13.2 Å². The van der Waals surface area contributed by atoms with E-state index in [1.807, 2.05) is 0 Å². The number of hydrogen-bond acceptors (Lipinski definition) is 4. The Labute approximate surface area is 150 Å². The van der Waals surface area contributed by atoms with E-state index < -0.39 is 11.7 Å². The van der Waals surface area contributed by atoms with Gasteiger partial charge < -0.3 is 14.5 Å². The van der Waals surface area contributed by atoms with Crippen LogP contribution in [0.15, 0.2) is 24.3 Å². The summed E-state index contributed by atoms with van der Waals surface area (Å²) in [6.07, 6.45) is -4.39. The minimum Gasteiger partial charge on any atom is -0.378 e. The highest BCUT2D eigenvalue weighted by Crippen LogP contribution is 2.36. The zero-order valence-corrected chi connectivity index (χ0v) is 14.6. The van der Waals surface area contributed by atoms with E-state index in [4.69, 9.17) is 4.74 Å². The van der Waals surface area contributed by atoms with E-state index in [-0.39, 0.29) is 11.4 Å². The van der Waals surface area contributed by atoms with Crippen LogP contribution in [0.5, 0.6) is 0 Å². The molecule has 1 amide bonds. The molecule has 3 fully saturated rings. The van der Waals surface area contributed by atoms with Crippen molar-refractivity contribution in [1.82, 2.24) is 14.7 Å². The summed E-state index contributed by atoms with van der Waals surface area (Å²) in [5.74, 6) is -0.206. The van der Waals surface area contributed by atoms with E-state index in [1.54, 1.807) is 4.90 Å². The molecular formula is C18H22F3N3O2. The van der Waals surface area contributed by atoms with Crippen LogP contribution in [0.1, 0.15) is 15.9 Å². The summed E-state index contributed by atoms with van der Waals surface area (Å²) in [7, 11) is 2.08. The van der Waals surface area contributed by atoms with Crippen LogP contribution in [0.2, 0.25) is 0 Å². The minimum absolute atomic E-state index is 0.0665. The number of ether oxygens (including phenoxy) is 1. The number of nitrogens with zero attached hydrogens (tertiary/aromatic N) is 3. The molecule has 0 radical (unpaired) electrons. The number of rotatable bonds is 1. The third-order valence-electron chi connectivity index (χ3n) is 5.64. The number of benzene rings is 1. The van der Waals surface area contributed by atoms with E-state index in [0.717, 1.165) is 31.8 Å². The van der Waals surface area contributed by atoms with E-state index >= 15 is 0 Å². The highest BCUT2D eigenvalue weighted by molar-refractivity contribution is 5.95. The molecule has 1 spiro atoms. The molecule has 0 saturated carbocycles. The fourth-order valence-electron chi connectivity index (χ4n) is 4.52. The summed E-state index contributed by atoms with van der Waals surface area (Å²) in [5.41, 5.74) is -0.502. The van der Waals surface area contributed by atoms with Crippen LogP contribution in [-0.2, 0) is 10.9 Å². The molecular weight excluding hydrogens is 347 g/mol. The van der Waals surface area contributed by atoms with Gasteiger partial charge in [-0.25, -0.2) is 0 Å². The first kappa shape index (κ1) is 17.8. The first-order valence-electron chi connectivity index (χ1n) is 8.78. The third kappa shape index (κ3) is 3.00. The second kappa shape index (κ2) is 6.21. The molecule has 0 N–H and O–H groups in total. The second-order valence-corrected chi connectivity index (χ2v) is 7.58. The van der Waals surface area contributed by atoms with E-state index in [2.05, 4.69) is 16.8 Å². The molecule has 5 nitrogen and oxygen atoms in total. The molecule has 3 aliphatic heterocycles. The van der Waals surface area contributed by atoms with Crippen LogP contribution in [0.4, 0.5) is 13.2 Å².